The van der Waals surface area contributed by atoms with Gasteiger partial charge in [-0.15, -0.1) is 0 Å². The van der Waals surface area contributed by atoms with E-state index in [1.807, 2.05) is 48.5 Å². The van der Waals surface area contributed by atoms with Gasteiger partial charge < -0.3 is 10.6 Å². The molecule has 33 heavy (non-hydrogen) atoms. The Bertz CT molecular complexity index is 1150. The number of carbonyl (C=O) groups is 1. The molecule has 3 aromatic rings. The summed E-state index contributed by atoms with van der Waals surface area (Å²) in [5.74, 6) is 0.928. The van der Waals surface area contributed by atoms with E-state index < -0.39 is 16.1 Å². The molecule has 171 valence electrons. The lowest BCUT2D eigenvalue weighted by Crippen LogP contribution is -2.47. The van der Waals surface area contributed by atoms with E-state index in [4.69, 9.17) is 0 Å². The normalized spacial score (nSPS) is 14.4. The summed E-state index contributed by atoms with van der Waals surface area (Å²) in [5, 5.41) is 5.89. The van der Waals surface area contributed by atoms with Crippen molar-refractivity contribution in [3.05, 3.63) is 91.1 Å². The first kappa shape index (κ1) is 22.9. The van der Waals surface area contributed by atoms with E-state index in [0.29, 0.717) is 17.4 Å². The van der Waals surface area contributed by atoms with Crippen molar-refractivity contribution < 1.29 is 13.2 Å². The van der Waals surface area contributed by atoms with Crippen molar-refractivity contribution >= 4 is 27.4 Å². The minimum absolute atomic E-state index is 0.0851. The lowest BCUT2D eigenvalue weighted by Gasteiger charge is -2.19. The number of aromatic nitrogens is 1. The third-order valence-electron chi connectivity index (χ3n) is 5.39. The van der Waals surface area contributed by atoms with E-state index in [1.165, 1.54) is 25.0 Å². The van der Waals surface area contributed by atoms with E-state index in [0.717, 1.165) is 12.0 Å². The van der Waals surface area contributed by atoms with Gasteiger partial charge in [0.25, 0.3) is 0 Å². The van der Waals surface area contributed by atoms with Crippen molar-refractivity contribution in [2.75, 3.05) is 5.32 Å². The third-order valence-corrected chi connectivity index (χ3v) is 6.88. The Labute approximate surface area is 194 Å². The molecular formula is C25H27N4O3S. The van der Waals surface area contributed by atoms with Gasteiger partial charge in [-0.25, -0.2) is 13.4 Å². The van der Waals surface area contributed by atoms with E-state index in [1.54, 1.807) is 24.9 Å². The molecule has 1 aliphatic carbocycles. The van der Waals surface area contributed by atoms with Gasteiger partial charge in [0.2, 0.25) is 15.9 Å². The maximum absolute atomic E-state index is 13.1. The number of sulfonamides is 1. The summed E-state index contributed by atoms with van der Waals surface area (Å²) in [6.07, 6.45) is 5.09. The second-order valence-electron chi connectivity index (χ2n) is 8.12. The lowest BCUT2D eigenvalue weighted by atomic mass is 10.1. The van der Waals surface area contributed by atoms with Crippen LogP contribution in [-0.4, -0.2) is 25.4 Å². The zero-order valence-corrected chi connectivity index (χ0v) is 19.0. The van der Waals surface area contributed by atoms with Crippen LogP contribution in [0.2, 0.25) is 0 Å². The summed E-state index contributed by atoms with van der Waals surface area (Å²) in [5.41, 5.74) is 1.58. The van der Waals surface area contributed by atoms with Crippen molar-refractivity contribution in [3.8, 4) is 0 Å². The summed E-state index contributed by atoms with van der Waals surface area (Å²) in [7, 11) is -3.91. The van der Waals surface area contributed by atoms with Crippen molar-refractivity contribution in [3.63, 3.8) is 0 Å². The molecule has 4 rings (SSSR count). The van der Waals surface area contributed by atoms with E-state index in [9.17, 15) is 13.2 Å². The molecule has 1 aromatic heterocycles. The molecule has 0 unspecified atom stereocenters. The fraction of sp³-hybridized carbons (Fsp3) is 0.240. The topological polar surface area (TPSA) is 100 Å². The molecule has 1 atom stereocenters. The largest absolute Gasteiger partial charge is 0.350 e. The number of amides is 1. The van der Waals surface area contributed by atoms with E-state index in [2.05, 4.69) is 20.3 Å². The summed E-state index contributed by atoms with van der Waals surface area (Å²) in [6, 6.07) is 20.3. The van der Waals surface area contributed by atoms with Gasteiger partial charge in [-0.05, 0) is 60.7 Å². The van der Waals surface area contributed by atoms with Crippen molar-refractivity contribution in [1.29, 1.82) is 0 Å². The minimum Gasteiger partial charge on any atom is -0.350 e. The summed E-state index contributed by atoms with van der Waals surface area (Å²) >= 11 is 0. The number of pyridine rings is 1. The van der Waals surface area contributed by atoms with Gasteiger partial charge in [-0.1, -0.05) is 49.2 Å². The van der Waals surface area contributed by atoms with Crippen LogP contribution in [0.5, 0.6) is 0 Å². The molecule has 1 saturated carbocycles. The van der Waals surface area contributed by atoms with E-state index in [-0.39, 0.29) is 17.2 Å². The van der Waals surface area contributed by atoms with Gasteiger partial charge in [-0.3, -0.25) is 4.79 Å². The highest BCUT2D eigenvalue weighted by atomic mass is 32.2. The molecule has 8 heteroatoms. The maximum atomic E-state index is 13.1. The van der Waals surface area contributed by atoms with Gasteiger partial charge in [0.05, 0.1) is 4.90 Å². The van der Waals surface area contributed by atoms with Crippen molar-refractivity contribution in [2.45, 2.75) is 36.6 Å². The monoisotopic (exact) mass is 463 g/mol. The van der Waals surface area contributed by atoms with Crippen molar-refractivity contribution in [2.24, 2.45) is 5.92 Å². The van der Waals surface area contributed by atoms with Gasteiger partial charge in [-0.2, -0.15) is 4.72 Å². The average molecular weight is 464 g/mol. The van der Waals surface area contributed by atoms with E-state index >= 15 is 0 Å². The number of benzene rings is 2. The molecule has 1 aliphatic rings. The molecule has 7 nitrogen and oxygen atoms in total. The quantitative estimate of drug-likeness (QED) is 0.402. The van der Waals surface area contributed by atoms with Crippen LogP contribution in [0.4, 0.5) is 11.5 Å². The van der Waals surface area contributed by atoms with Gasteiger partial charge in [0.15, 0.2) is 0 Å². The predicted octanol–water partition coefficient (Wildman–Crippen LogP) is 3.79. The summed E-state index contributed by atoms with van der Waals surface area (Å²) in [4.78, 5) is 17.1. The second kappa shape index (κ2) is 10.6. The standard InChI is InChI=1S/C25H27N4O3S/c30-25(27-17-15-19-9-10-19)23(18-20-6-2-1-3-7-20)29-33(31,32)22-13-11-21(12-14-22)28-24-8-4-5-16-26-24/h1-8,11-14,16-17,19,23,29H,9-10,15,18H2,(H,26,28)(H,27,30)/t23-/m0/s1. The first-order valence-electron chi connectivity index (χ1n) is 11.0. The minimum atomic E-state index is -3.91. The number of rotatable bonds is 11. The first-order valence-corrected chi connectivity index (χ1v) is 12.4. The Kier molecular flexibility index (Phi) is 7.36. The Morgan fingerprint density at radius 1 is 1.00 bits per heavy atom. The molecule has 1 amide bonds. The van der Waals surface area contributed by atoms with Crippen LogP contribution in [0.25, 0.3) is 0 Å². The van der Waals surface area contributed by atoms with Gasteiger partial charge in [0.1, 0.15) is 11.9 Å². The molecule has 0 spiro atoms. The number of nitrogens with one attached hydrogen (secondary N) is 3. The molecule has 1 fully saturated rings. The molecular weight excluding hydrogens is 436 g/mol. The zero-order valence-electron chi connectivity index (χ0n) is 18.1. The zero-order chi connectivity index (χ0) is 23.1. The Balaban J connectivity index is 1.45. The SMILES string of the molecule is O=C(N[CH]CC1CC1)[C@H](Cc1ccccc1)NS(=O)(=O)c1ccc(Nc2ccccn2)cc1. The number of hydrogen-bond acceptors (Lipinski definition) is 5. The number of nitrogens with zero attached hydrogens (tertiary/aromatic N) is 1. The lowest BCUT2D eigenvalue weighted by molar-refractivity contribution is -0.122. The van der Waals surface area contributed by atoms with Crippen LogP contribution < -0.4 is 15.4 Å². The molecule has 1 heterocycles. The average Bonchev–Trinajstić information content (AvgIpc) is 3.65. The van der Waals surface area contributed by atoms with Gasteiger partial charge in [0, 0.05) is 18.4 Å². The van der Waals surface area contributed by atoms with Crippen LogP contribution in [0.3, 0.4) is 0 Å². The Morgan fingerprint density at radius 2 is 1.73 bits per heavy atom. The van der Waals surface area contributed by atoms with Crippen molar-refractivity contribution in [1.82, 2.24) is 15.0 Å². The smallest absolute Gasteiger partial charge is 0.241 e. The Hall–Kier alpha value is -3.23. The highest BCUT2D eigenvalue weighted by Crippen LogP contribution is 2.32. The maximum Gasteiger partial charge on any atom is 0.241 e. The molecule has 3 N–H and O–H groups in total. The first-order chi connectivity index (χ1) is 16.0. The molecule has 0 bridgehead atoms. The second-order valence-corrected chi connectivity index (χ2v) is 9.83. The highest BCUT2D eigenvalue weighted by molar-refractivity contribution is 7.89. The predicted molar refractivity (Wildman–Crippen MR) is 128 cm³/mol. The highest BCUT2D eigenvalue weighted by Gasteiger charge is 2.27. The van der Waals surface area contributed by atoms with Crippen LogP contribution in [0, 0.1) is 12.5 Å². The number of carbonyl (C=O) groups excluding carboxylic acids is 1. The fourth-order valence-electron chi connectivity index (χ4n) is 3.38. The number of anilines is 2. The van der Waals surface area contributed by atoms with Crippen LogP contribution in [0.1, 0.15) is 24.8 Å². The summed E-state index contributed by atoms with van der Waals surface area (Å²) < 4.78 is 28.7. The molecule has 0 saturated heterocycles. The molecule has 2 aromatic carbocycles. The van der Waals surface area contributed by atoms with Crippen LogP contribution in [0.15, 0.2) is 83.9 Å². The number of hydrogen-bond donors (Lipinski definition) is 3. The summed E-state index contributed by atoms with van der Waals surface area (Å²) in [6.45, 7) is 1.74. The molecule has 1 radical (unpaired) electrons. The van der Waals surface area contributed by atoms with Crippen LogP contribution in [-0.2, 0) is 21.2 Å². The molecule has 0 aliphatic heterocycles. The third kappa shape index (κ3) is 6.87. The van der Waals surface area contributed by atoms with Gasteiger partial charge >= 0.3 is 0 Å². The van der Waals surface area contributed by atoms with Crippen LogP contribution >= 0.6 is 0 Å². The fourth-order valence-corrected chi connectivity index (χ4v) is 4.57. The Morgan fingerprint density at radius 3 is 2.39 bits per heavy atom.